The van der Waals surface area contributed by atoms with Crippen LogP contribution < -0.4 is 4.74 Å². The molecule has 1 heterocycles. The van der Waals surface area contributed by atoms with Crippen molar-refractivity contribution in [2.45, 2.75) is 6.04 Å². The van der Waals surface area contributed by atoms with Gasteiger partial charge in [0.1, 0.15) is 11.5 Å². The molecule has 0 spiro atoms. The number of carbonyl (C=O) groups is 2. The number of benzene rings is 2. The highest BCUT2D eigenvalue weighted by molar-refractivity contribution is 6.46. The van der Waals surface area contributed by atoms with Gasteiger partial charge in [0.2, 0.25) is 0 Å². The first-order chi connectivity index (χ1) is 13.5. The summed E-state index contributed by atoms with van der Waals surface area (Å²) >= 11 is 5.98. The summed E-state index contributed by atoms with van der Waals surface area (Å²) in [5.74, 6) is -1.14. The van der Waals surface area contributed by atoms with Gasteiger partial charge in [-0.25, -0.2) is 0 Å². The quantitative estimate of drug-likeness (QED) is 0.456. The Labute approximate surface area is 167 Å². The van der Waals surface area contributed by atoms with Crippen LogP contribution in [0.2, 0.25) is 5.02 Å². The van der Waals surface area contributed by atoms with Gasteiger partial charge in [-0.3, -0.25) is 9.59 Å². The third-order valence-corrected chi connectivity index (χ3v) is 4.86. The molecule has 1 N–H and O–H groups in total. The maximum absolute atomic E-state index is 12.8. The predicted molar refractivity (Wildman–Crippen MR) is 105 cm³/mol. The molecule has 1 fully saturated rings. The Morgan fingerprint density at radius 2 is 1.86 bits per heavy atom. The summed E-state index contributed by atoms with van der Waals surface area (Å²) in [5, 5.41) is 11.5. The first-order valence-electron chi connectivity index (χ1n) is 8.65. The van der Waals surface area contributed by atoms with Crippen molar-refractivity contribution in [3.05, 3.63) is 70.3 Å². The van der Waals surface area contributed by atoms with E-state index < -0.39 is 17.7 Å². The number of aliphatic hydroxyl groups excluding tert-OH is 1. The monoisotopic (exact) mass is 401 g/mol. The van der Waals surface area contributed by atoms with E-state index in [9.17, 15) is 14.7 Å². The summed E-state index contributed by atoms with van der Waals surface area (Å²) in [7, 11) is 3.03. The largest absolute Gasteiger partial charge is 0.507 e. The number of ketones is 1. The van der Waals surface area contributed by atoms with Crippen LogP contribution in [0.4, 0.5) is 0 Å². The molecule has 0 aromatic heterocycles. The van der Waals surface area contributed by atoms with Crippen molar-refractivity contribution in [3.63, 3.8) is 0 Å². The van der Waals surface area contributed by atoms with E-state index in [1.807, 2.05) is 0 Å². The molecule has 0 aliphatic carbocycles. The van der Waals surface area contributed by atoms with Crippen molar-refractivity contribution >= 4 is 29.1 Å². The van der Waals surface area contributed by atoms with Gasteiger partial charge in [0, 0.05) is 24.2 Å². The van der Waals surface area contributed by atoms with Crippen molar-refractivity contribution in [1.82, 2.24) is 4.90 Å². The second-order valence-electron chi connectivity index (χ2n) is 6.27. The second kappa shape index (κ2) is 8.46. The van der Waals surface area contributed by atoms with E-state index in [0.717, 1.165) is 0 Å². The number of ether oxygens (including phenoxy) is 2. The zero-order valence-electron chi connectivity index (χ0n) is 15.5. The van der Waals surface area contributed by atoms with Gasteiger partial charge in [-0.1, -0.05) is 35.9 Å². The first-order valence-corrected chi connectivity index (χ1v) is 9.03. The number of likely N-dealkylation sites (tertiary alicyclic amines) is 1. The number of halogens is 1. The van der Waals surface area contributed by atoms with Crippen LogP contribution in [0.15, 0.2) is 54.1 Å². The minimum absolute atomic E-state index is 0.0247. The van der Waals surface area contributed by atoms with Gasteiger partial charge in [0.25, 0.3) is 11.7 Å². The van der Waals surface area contributed by atoms with Crippen molar-refractivity contribution in [1.29, 1.82) is 0 Å². The molecule has 146 valence electrons. The van der Waals surface area contributed by atoms with Crippen molar-refractivity contribution in [3.8, 4) is 5.75 Å². The topological polar surface area (TPSA) is 76.1 Å². The number of hydrogen-bond acceptors (Lipinski definition) is 5. The van der Waals surface area contributed by atoms with E-state index in [1.54, 1.807) is 48.5 Å². The van der Waals surface area contributed by atoms with Gasteiger partial charge in [-0.15, -0.1) is 0 Å². The fraction of sp³-hybridized carbons (Fsp3) is 0.238. The number of nitrogens with zero attached hydrogens (tertiary/aromatic N) is 1. The molecule has 2 aromatic carbocycles. The molecule has 1 atom stereocenters. The van der Waals surface area contributed by atoms with Gasteiger partial charge in [-0.05, 0) is 29.8 Å². The third kappa shape index (κ3) is 3.74. The van der Waals surface area contributed by atoms with Crippen LogP contribution in [0.5, 0.6) is 5.75 Å². The number of Topliss-reactive ketones (excluding diaryl/α,β-unsaturated/α-hetero) is 1. The zero-order chi connectivity index (χ0) is 20.3. The lowest BCUT2D eigenvalue weighted by Gasteiger charge is -2.25. The molecule has 6 nitrogen and oxygen atoms in total. The van der Waals surface area contributed by atoms with Crippen molar-refractivity contribution in [2.24, 2.45) is 0 Å². The molecule has 28 heavy (non-hydrogen) atoms. The summed E-state index contributed by atoms with van der Waals surface area (Å²) in [6.07, 6.45) is 0. The first kappa shape index (κ1) is 19.9. The van der Waals surface area contributed by atoms with Crippen LogP contribution in [-0.2, 0) is 14.3 Å². The van der Waals surface area contributed by atoms with Crippen LogP contribution in [-0.4, -0.2) is 49.1 Å². The predicted octanol–water partition coefficient (Wildman–Crippen LogP) is 3.42. The third-order valence-electron chi connectivity index (χ3n) is 4.61. The smallest absolute Gasteiger partial charge is 0.295 e. The molecule has 1 amide bonds. The number of aliphatic hydroxyl groups is 1. The van der Waals surface area contributed by atoms with Gasteiger partial charge in [-0.2, -0.15) is 0 Å². The molecule has 0 saturated carbocycles. The molecule has 1 aliphatic heterocycles. The lowest BCUT2D eigenvalue weighted by molar-refractivity contribution is -0.140. The molecule has 0 bridgehead atoms. The molecular formula is C21H20ClNO5. The maximum atomic E-state index is 12.8. The highest BCUT2D eigenvalue weighted by atomic mass is 35.5. The summed E-state index contributed by atoms with van der Waals surface area (Å²) in [4.78, 5) is 26.9. The number of amides is 1. The molecule has 2 aromatic rings. The normalized spacial score (nSPS) is 18.5. The Kier molecular flexibility index (Phi) is 6.02. The molecular weight excluding hydrogens is 382 g/mol. The molecule has 7 heteroatoms. The summed E-state index contributed by atoms with van der Waals surface area (Å²) in [6.45, 7) is 0.472. The van der Waals surface area contributed by atoms with E-state index in [4.69, 9.17) is 21.1 Å². The minimum Gasteiger partial charge on any atom is -0.507 e. The van der Waals surface area contributed by atoms with Gasteiger partial charge >= 0.3 is 0 Å². The highest BCUT2D eigenvalue weighted by Gasteiger charge is 2.45. The summed E-state index contributed by atoms with van der Waals surface area (Å²) in [6, 6.07) is 12.8. The van der Waals surface area contributed by atoms with Crippen molar-refractivity contribution in [2.75, 3.05) is 27.4 Å². The Bertz CT molecular complexity index is 923. The van der Waals surface area contributed by atoms with Gasteiger partial charge in [0.05, 0.1) is 25.3 Å². The fourth-order valence-electron chi connectivity index (χ4n) is 3.22. The Balaban J connectivity index is 2.15. The van der Waals surface area contributed by atoms with E-state index in [0.29, 0.717) is 21.9 Å². The number of rotatable bonds is 6. The average molecular weight is 402 g/mol. The minimum atomic E-state index is -0.739. The van der Waals surface area contributed by atoms with E-state index in [2.05, 4.69) is 0 Å². The summed E-state index contributed by atoms with van der Waals surface area (Å²) in [5.41, 5.74) is 1.09. The highest BCUT2D eigenvalue weighted by Crippen LogP contribution is 2.39. The van der Waals surface area contributed by atoms with Gasteiger partial charge in [0.15, 0.2) is 0 Å². The molecule has 3 rings (SSSR count). The molecule has 0 radical (unpaired) electrons. The summed E-state index contributed by atoms with van der Waals surface area (Å²) < 4.78 is 10.3. The molecule has 1 saturated heterocycles. The molecule has 1 unspecified atom stereocenters. The Hall–Kier alpha value is -2.83. The van der Waals surface area contributed by atoms with Crippen LogP contribution >= 0.6 is 11.6 Å². The van der Waals surface area contributed by atoms with Crippen LogP contribution in [0.25, 0.3) is 5.76 Å². The Morgan fingerprint density at radius 1 is 1.14 bits per heavy atom. The van der Waals surface area contributed by atoms with Crippen LogP contribution in [0, 0.1) is 0 Å². The van der Waals surface area contributed by atoms with Gasteiger partial charge < -0.3 is 19.5 Å². The lowest BCUT2D eigenvalue weighted by atomic mass is 9.95. The van der Waals surface area contributed by atoms with E-state index >= 15 is 0 Å². The Morgan fingerprint density at radius 3 is 2.50 bits per heavy atom. The lowest BCUT2D eigenvalue weighted by Crippen LogP contribution is -2.32. The zero-order valence-corrected chi connectivity index (χ0v) is 16.3. The van der Waals surface area contributed by atoms with E-state index in [1.165, 1.54) is 19.1 Å². The van der Waals surface area contributed by atoms with Crippen LogP contribution in [0.3, 0.4) is 0 Å². The maximum Gasteiger partial charge on any atom is 0.295 e. The fourth-order valence-corrected chi connectivity index (χ4v) is 3.34. The van der Waals surface area contributed by atoms with E-state index in [-0.39, 0.29) is 24.5 Å². The van der Waals surface area contributed by atoms with Crippen LogP contribution in [0.1, 0.15) is 17.2 Å². The number of methoxy groups -OCH3 is 2. The number of hydrogen-bond donors (Lipinski definition) is 1. The second-order valence-corrected chi connectivity index (χ2v) is 6.71. The SMILES string of the molecule is COCCN1C(=O)C(=O)C(=C(O)c2cccc(OC)c2)C1c1ccc(Cl)cc1. The number of carbonyl (C=O) groups excluding carboxylic acids is 2. The van der Waals surface area contributed by atoms with Crippen molar-refractivity contribution < 1.29 is 24.2 Å². The standard InChI is InChI=1S/C21H20ClNO5/c1-27-11-10-23-18(13-6-8-15(22)9-7-13)17(20(25)21(23)26)19(24)14-4-3-5-16(12-14)28-2/h3-9,12,18,24H,10-11H2,1-2H3. The molecule has 1 aliphatic rings. The average Bonchev–Trinajstić information content (AvgIpc) is 2.97.